The largest absolute Gasteiger partial charge is 0.380 e. The quantitative estimate of drug-likeness (QED) is 0.740. The zero-order chi connectivity index (χ0) is 11.3. The van der Waals surface area contributed by atoms with Crippen LogP contribution in [0, 0.1) is 0 Å². The van der Waals surface area contributed by atoms with Crippen LogP contribution in [-0.4, -0.2) is 40.0 Å². The molecule has 0 aliphatic heterocycles. The first kappa shape index (κ1) is 12.1. The number of tetrazole rings is 1. The summed E-state index contributed by atoms with van der Waals surface area (Å²) in [6.07, 6.45) is 0.112. The van der Waals surface area contributed by atoms with Crippen molar-refractivity contribution in [1.29, 1.82) is 0 Å². The smallest absolute Gasteiger partial charge is 0.168 e. The Hall–Kier alpha value is -1.01. The van der Waals surface area contributed by atoms with Gasteiger partial charge in [-0.3, -0.25) is 0 Å². The van der Waals surface area contributed by atoms with Crippen molar-refractivity contribution in [2.24, 2.45) is 0 Å². The molecule has 0 saturated carbocycles. The molecule has 86 valence electrons. The Kier molecular flexibility index (Phi) is 4.64. The highest BCUT2D eigenvalue weighted by Crippen LogP contribution is 2.07. The monoisotopic (exact) mass is 213 g/mol. The lowest BCUT2D eigenvalue weighted by Crippen LogP contribution is -2.25. The third-order valence-corrected chi connectivity index (χ3v) is 2.29. The first-order valence-corrected chi connectivity index (χ1v) is 5.21. The predicted octanol–water partition coefficient (Wildman–Crippen LogP) is 0.378. The van der Waals surface area contributed by atoms with E-state index in [-0.39, 0.29) is 12.1 Å². The van der Waals surface area contributed by atoms with Crippen LogP contribution in [0.2, 0.25) is 0 Å². The van der Waals surface area contributed by atoms with Gasteiger partial charge in [0, 0.05) is 7.11 Å². The molecule has 0 fully saturated rings. The Morgan fingerprint density at radius 3 is 2.80 bits per heavy atom. The zero-order valence-electron chi connectivity index (χ0n) is 9.77. The second-order valence-corrected chi connectivity index (χ2v) is 3.54. The molecule has 0 amide bonds. The van der Waals surface area contributed by atoms with Gasteiger partial charge in [0.15, 0.2) is 5.82 Å². The Bertz CT molecular complexity index is 288. The summed E-state index contributed by atoms with van der Waals surface area (Å²) in [5, 5.41) is 14.9. The molecule has 15 heavy (non-hydrogen) atoms. The van der Waals surface area contributed by atoms with E-state index in [1.807, 2.05) is 13.8 Å². The number of aromatic nitrogens is 4. The Morgan fingerprint density at radius 2 is 2.20 bits per heavy atom. The van der Waals surface area contributed by atoms with Gasteiger partial charge in [0.1, 0.15) is 0 Å². The van der Waals surface area contributed by atoms with Crippen LogP contribution in [0.25, 0.3) is 0 Å². The van der Waals surface area contributed by atoms with Gasteiger partial charge in [-0.15, -0.1) is 5.10 Å². The minimum Gasteiger partial charge on any atom is -0.380 e. The average Bonchev–Trinajstić information content (AvgIpc) is 2.66. The Morgan fingerprint density at radius 1 is 1.47 bits per heavy atom. The van der Waals surface area contributed by atoms with Gasteiger partial charge in [-0.05, 0) is 30.8 Å². The minimum atomic E-state index is 0.112. The number of nitrogens with one attached hydrogen (secondary N) is 1. The maximum atomic E-state index is 5.18. The zero-order valence-corrected chi connectivity index (χ0v) is 9.77. The van der Waals surface area contributed by atoms with E-state index in [1.54, 1.807) is 11.8 Å². The summed E-state index contributed by atoms with van der Waals surface area (Å²) in [7, 11) is 1.68. The molecule has 1 aromatic heterocycles. The first-order valence-electron chi connectivity index (χ1n) is 5.21. The molecule has 1 N–H and O–H groups in total. The number of hydrogen-bond donors (Lipinski definition) is 1. The molecule has 0 aliphatic rings. The Balaban J connectivity index is 2.68. The van der Waals surface area contributed by atoms with E-state index in [4.69, 9.17) is 4.74 Å². The van der Waals surface area contributed by atoms with Gasteiger partial charge in [-0.25, -0.2) is 4.68 Å². The molecule has 0 bridgehead atoms. The molecular formula is C9H19N5O. The first-order chi connectivity index (χ1) is 7.19. The molecule has 2 unspecified atom stereocenters. The number of nitrogens with zero attached hydrogens (tertiary/aromatic N) is 4. The Labute approximate surface area is 90.0 Å². The SMILES string of the molecule is CCNC(C)c1nnnn1CC(C)OC. The molecule has 2 atom stereocenters. The van der Waals surface area contributed by atoms with Crippen molar-refractivity contribution in [3.05, 3.63) is 5.82 Å². The molecule has 0 aromatic carbocycles. The van der Waals surface area contributed by atoms with Crippen LogP contribution in [0.5, 0.6) is 0 Å². The van der Waals surface area contributed by atoms with Crippen molar-refractivity contribution in [1.82, 2.24) is 25.5 Å². The summed E-state index contributed by atoms with van der Waals surface area (Å²) < 4.78 is 6.96. The van der Waals surface area contributed by atoms with E-state index < -0.39 is 0 Å². The van der Waals surface area contributed by atoms with Gasteiger partial charge < -0.3 is 10.1 Å². The van der Waals surface area contributed by atoms with Crippen molar-refractivity contribution in [3.63, 3.8) is 0 Å². The second-order valence-electron chi connectivity index (χ2n) is 3.54. The fourth-order valence-corrected chi connectivity index (χ4v) is 1.37. The van der Waals surface area contributed by atoms with E-state index >= 15 is 0 Å². The number of hydrogen-bond acceptors (Lipinski definition) is 5. The van der Waals surface area contributed by atoms with E-state index in [9.17, 15) is 0 Å². The van der Waals surface area contributed by atoms with E-state index in [0.717, 1.165) is 12.4 Å². The summed E-state index contributed by atoms with van der Waals surface area (Å²) in [4.78, 5) is 0. The van der Waals surface area contributed by atoms with Gasteiger partial charge in [0.25, 0.3) is 0 Å². The van der Waals surface area contributed by atoms with Gasteiger partial charge in [-0.1, -0.05) is 6.92 Å². The van der Waals surface area contributed by atoms with Gasteiger partial charge in [0.05, 0.1) is 18.7 Å². The van der Waals surface area contributed by atoms with Gasteiger partial charge >= 0.3 is 0 Å². The summed E-state index contributed by atoms with van der Waals surface area (Å²) >= 11 is 0. The fraction of sp³-hybridized carbons (Fsp3) is 0.889. The highest BCUT2D eigenvalue weighted by Gasteiger charge is 2.14. The molecule has 1 heterocycles. The van der Waals surface area contributed by atoms with Crippen molar-refractivity contribution >= 4 is 0 Å². The average molecular weight is 213 g/mol. The van der Waals surface area contributed by atoms with E-state index in [2.05, 4.69) is 27.8 Å². The number of rotatable bonds is 6. The van der Waals surface area contributed by atoms with Crippen LogP contribution in [0.15, 0.2) is 0 Å². The lowest BCUT2D eigenvalue weighted by atomic mass is 10.3. The van der Waals surface area contributed by atoms with Gasteiger partial charge in [-0.2, -0.15) is 0 Å². The van der Waals surface area contributed by atoms with Crippen LogP contribution in [0.3, 0.4) is 0 Å². The normalized spacial score (nSPS) is 15.2. The maximum Gasteiger partial charge on any atom is 0.168 e. The minimum absolute atomic E-state index is 0.112. The molecule has 1 aromatic rings. The third kappa shape index (κ3) is 3.24. The molecule has 0 radical (unpaired) electrons. The molecule has 0 spiro atoms. The van der Waals surface area contributed by atoms with Crippen molar-refractivity contribution in [3.8, 4) is 0 Å². The van der Waals surface area contributed by atoms with Crippen LogP contribution in [-0.2, 0) is 11.3 Å². The molecule has 6 nitrogen and oxygen atoms in total. The molecular weight excluding hydrogens is 194 g/mol. The predicted molar refractivity (Wildman–Crippen MR) is 56.4 cm³/mol. The highest BCUT2D eigenvalue weighted by molar-refractivity contribution is 4.89. The highest BCUT2D eigenvalue weighted by atomic mass is 16.5. The second kappa shape index (κ2) is 5.77. The topological polar surface area (TPSA) is 64.9 Å². The van der Waals surface area contributed by atoms with Crippen LogP contribution in [0.1, 0.15) is 32.6 Å². The van der Waals surface area contributed by atoms with E-state index in [0.29, 0.717) is 6.54 Å². The molecule has 1 rings (SSSR count). The van der Waals surface area contributed by atoms with Crippen molar-refractivity contribution < 1.29 is 4.74 Å². The molecule has 0 aliphatic carbocycles. The van der Waals surface area contributed by atoms with Crippen LogP contribution >= 0.6 is 0 Å². The summed E-state index contributed by atoms with van der Waals surface area (Å²) in [5.74, 6) is 0.848. The molecule has 0 saturated heterocycles. The fourth-order valence-electron chi connectivity index (χ4n) is 1.37. The van der Waals surface area contributed by atoms with E-state index in [1.165, 1.54) is 0 Å². The van der Waals surface area contributed by atoms with Crippen molar-refractivity contribution in [2.75, 3.05) is 13.7 Å². The third-order valence-electron chi connectivity index (χ3n) is 2.29. The number of methoxy groups -OCH3 is 1. The standard InChI is InChI=1S/C9H19N5O/c1-5-10-8(3)9-11-12-13-14(9)6-7(2)15-4/h7-8,10H,5-6H2,1-4H3. The van der Waals surface area contributed by atoms with Crippen molar-refractivity contribution in [2.45, 2.75) is 39.5 Å². The lowest BCUT2D eigenvalue weighted by molar-refractivity contribution is 0.0979. The van der Waals surface area contributed by atoms with Crippen LogP contribution < -0.4 is 5.32 Å². The summed E-state index contributed by atoms with van der Waals surface area (Å²) in [6, 6.07) is 0.161. The molecule has 6 heteroatoms. The summed E-state index contributed by atoms with van der Waals surface area (Å²) in [5.41, 5.74) is 0. The van der Waals surface area contributed by atoms with Gasteiger partial charge in [0.2, 0.25) is 0 Å². The maximum absolute atomic E-state index is 5.18. The summed E-state index contributed by atoms with van der Waals surface area (Å²) in [6.45, 7) is 7.66. The number of ether oxygens (including phenoxy) is 1. The lowest BCUT2D eigenvalue weighted by Gasteiger charge is -2.14. The van der Waals surface area contributed by atoms with Crippen LogP contribution in [0.4, 0.5) is 0 Å².